The third-order valence-electron chi connectivity index (χ3n) is 2.38. The molecule has 6 heteroatoms. The molecule has 0 aliphatic rings. The molecule has 0 amide bonds. The average Bonchev–Trinajstić information content (AvgIpc) is 2.29. The van der Waals surface area contributed by atoms with Crippen LogP contribution in [0.5, 0.6) is 0 Å². The molecule has 0 bridgehead atoms. The molecule has 0 aliphatic heterocycles. The van der Waals surface area contributed by atoms with E-state index in [1.165, 1.54) is 18.2 Å². The number of nitrogen functional groups attached to an aromatic ring is 1. The van der Waals surface area contributed by atoms with Crippen molar-refractivity contribution in [3.63, 3.8) is 0 Å². The molecule has 2 aromatic rings. The summed E-state index contributed by atoms with van der Waals surface area (Å²) in [6, 6.07) is 7.56. The van der Waals surface area contributed by atoms with Crippen molar-refractivity contribution in [1.82, 2.24) is 4.98 Å². The summed E-state index contributed by atoms with van der Waals surface area (Å²) in [6.45, 7) is 0. The fourth-order valence-corrected chi connectivity index (χ4v) is 1.54. The second-order valence-electron chi connectivity index (χ2n) is 3.61. The van der Waals surface area contributed by atoms with E-state index >= 15 is 0 Å². The smallest absolute Gasteiger partial charge is 0.383 e. The van der Waals surface area contributed by atoms with Crippen molar-refractivity contribution in [3.8, 4) is 11.1 Å². The molecule has 0 spiro atoms. The van der Waals surface area contributed by atoms with Crippen LogP contribution in [-0.4, -0.2) is 4.98 Å². The summed E-state index contributed by atoms with van der Waals surface area (Å²) < 4.78 is 50.7. The summed E-state index contributed by atoms with van der Waals surface area (Å²) >= 11 is 0. The first-order chi connectivity index (χ1) is 8.39. The lowest BCUT2D eigenvalue weighted by Gasteiger charge is -2.10. The molecule has 2 nitrogen and oxygen atoms in total. The van der Waals surface area contributed by atoms with Crippen molar-refractivity contribution in [2.75, 3.05) is 5.73 Å². The van der Waals surface area contributed by atoms with Gasteiger partial charge in [0, 0.05) is 11.1 Å². The lowest BCUT2D eigenvalue weighted by Crippen LogP contribution is -2.10. The van der Waals surface area contributed by atoms with Gasteiger partial charge in [0.1, 0.15) is 17.3 Å². The lowest BCUT2D eigenvalue weighted by atomic mass is 10.1. The predicted octanol–water partition coefficient (Wildman–Crippen LogP) is 3.49. The van der Waals surface area contributed by atoms with Gasteiger partial charge in [-0.1, -0.05) is 18.2 Å². The third-order valence-corrected chi connectivity index (χ3v) is 2.38. The molecule has 18 heavy (non-hydrogen) atoms. The molecule has 1 aromatic heterocycles. The Morgan fingerprint density at radius 1 is 0.944 bits per heavy atom. The van der Waals surface area contributed by atoms with Gasteiger partial charge in [-0.25, -0.2) is 9.37 Å². The van der Waals surface area contributed by atoms with Gasteiger partial charge in [-0.2, -0.15) is 13.2 Å². The van der Waals surface area contributed by atoms with Gasteiger partial charge in [-0.3, -0.25) is 0 Å². The molecule has 0 unspecified atom stereocenters. The molecule has 0 fully saturated rings. The zero-order chi connectivity index (χ0) is 13.3. The van der Waals surface area contributed by atoms with Crippen LogP contribution in [-0.2, 0) is 6.18 Å². The minimum atomic E-state index is -4.57. The van der Waals surface area contributed by atoms with Crippen LogP contribution in [0.2, 0.25) is 0 Å². The largest absolute Gasteiger partial charge is 0.433 e. The van der Waals surface area contributed by atoms with Crippen molar-refractivity contribution < 1.29 is 17.6 Å². The number of hydrogen-bond acceptors (Lipinski definition) is 2. The minimum absolute atomic E-state index is 0.122. The van der Waals surface area contributed by atoms with E-state index in [1.54, 1.807) is 6.07 Å². The average molecular weight is 256 g/mol. The van der Waals surface area contributed by atoms with Crippen LogP contribution < -0.4 is 5.73 Å². The molecular formula is C12H8F4N2. The molecule has 1 heterocycles. The summed E-state index contributed by atoms with van der Waals surface area (Å²) in [7, 11) is 0. The Bertz CT molecular complexity index is 579. The highest BCUT2D eigenvalue weighted by atomic mass is 19.4. The Morgan fingerprint density at radius 3 is 2.17 bits per heavy atom. The van der Waals surface area contributed by atoms with Crippen molar-refractivity contribution in [2.45, 2.75) is 6.18 Å². The number of halogens is 4. The lowest BCUT2D eigenvalue weighted by molar-refractivity contribution is -0.141. The predicted molar refractivity (Wildman–Crippen MR) is 59.0 cm³/mol. The summed E-state index contributed by atoms with van der Waals surface area (Å²) in [5, 5.41) is 0. The number of alkyl halides is 3. The van der Waals surface area contributed by atoms with E-state index in [-0.39, 0.29) is 16.9 Å². The Kier molecular flexibility index (Phi) is 2.94. The van der Waals surface area contributed by atoms with E-state index in [1.807, 2.05) is 0 Å². The zero-order valence-electron chi connectivity index (χ0n) is 9.00. The second kappa shape index (κ2) is 4.29. The van der Waals surface area contributed by atoms with Gasteiger partial charge in [-0.05, 0) is 18.2 Å². The van der Waals surface area contributed by atoms with Crippen LogP contribution in [0.3, 0.4) is 0 Å². The number of rotatable bonds is 1. The Hall–Kier alpha value is -2.11. The number of hydrogen-bond donors (Lipinski definition) is 1. The molecule has 1 aromatic carbocycles. The molecule has 2 N–H and O–H groups in total. The zero-order valence-corrected chi connectivity index (χ0v) is 9.00. The maximum absolute atomic E-state index is 13.5. The molecule has 0 aliphatic carbocycles. The van der Waals surface area contributed by atoms with Gasteiger partial charge in [0.2, 0.25) is 0 Å². The van der Waals surface area contributed by atoms with E-state index in [0.29, 0.717) is 0 Å². The van der Waals surface area contributed by atoms with Gasteiger partial charge < -0.3 is 5.73 Å². The molecule has 0 radical (unpaired) electrons. The molecule has 94 valence electrons. The maximum Gasteiger partial charge on any atom is 0.433 e. The van der Waals surface area contributed by atoms with Gasteiger partial charge in [0.15, 0.2) is 0 Å². The standard InChI is InChI=1S/C12H8F4N2/c13-9-4-2-1-3-7(9)8-5-6-10(12(14,15)16)18-11(8)17/h1-6H,(H2,17,18). The summed E-state index contributed by atoms with van der Waals surface area (Å²) in [6.07, 6.45) is -4.57. The molecular weight excluding hydrogens is 248 g/mol. The number of aromatic nitrogens is 1. The first-order valence-electron chi connectivity index (χ1n) is 4.98. The van der Waals surface area contributed by atoms with E-state index in [0.717, 1.165) is 12.1 Å². The summed E-state index contributed by atoms with van der Waals surface area (Å²) in [5.74, 6) is -0.916. The van der Waals surface area contributed by atoms with Crippen LogP contribution in [0, 0.1) is 5.82 Å². The number of pyridine rings is 1. The van der Waals surface area contributed by atoms with Gasteiger partial charge >= 0.3 is 6.18 Å². The van der Waals surface area contributed by atoms with E-state index in [4.69, 9.17) is 5.73 Å². The quantitative estimate of drug-likeness (QED) is 0.793. The number of benzene rings is 1. The monoisotopic (exact) mass is 256 g/mol. The van der Waals surface area contributed by atoms with Gasteiger partial charge in [-0.15, -0.1) is 0 Å². The minimum Gasteiger partial charge on any atom is -0.383 e. The van der Waals surface area contributed by atoms with E-state index < -0.39 is 17.7 Å². The Morgan fingerprint density at radius 2 is 1.61 bits per heavy atom. The number of nitrogens with two attached hydrogens (primary N) is 1. The topological polar surface area (TPSA) is 38.9 Å². The molecule has 0 saturated heterocycles. The van der Waals surface area contributed by atoms with E-state index in [2.05, 4.69) is 4.98 Å². The molecule has 0 atom stereocenters. The van der Waals surface area contributed by atoms with Gasteiger partial charge in [0.25, 0.3) is 0 Å². The van der Waals surface area contributed by atoms with Crippen LogP contribution in [0.15, 0.2) is 36.4 Å². The SMILES string of the molecule is Nc1nc(C(F)(F)F)ccc1-c1ccccc1F. The summed E-state index contributed by atoms with van der Waals surface area (Å²) in [4.78, 5) is 3.25. The normalized spacial score (nSPS) is 11.6. The fraction of sp³-hybridized carbons (Fsp3) is 0.0833. The Balaban J connectivity index is 2.52. The number of anilines is 1. The second-order valence-corrected chi connectivity index (χ2v) is 3.61. The first kappa shape index (κ1) is 12.3. The van der Waals surface area contributed by atoms with Crippen molar-refractivity contribution in [3.05, 3.63) is 47.9 Å². The van der Waals surface area contributed by atoms with Crippen molar-refractivity contribution >= 4 is 5.82 Å². The van der Waals surface area contributed by atoms with Gasteiger partial charge in [0.05, 0.1) is 0 Å². The highest BCUT2D eigenvalue weighted by Gasteiger charge is 2.33. The van der Waals surface area contributed by atoms with Crippen LogP contribution in [0.25, 0.3) is 11.1 Å². The highest BCUT2D eigenvalue weighted by Crippen LogP contribution is 2.32. The first-order valence-corrected chi connectivity index (χ1v) is 4.98. The number of nitrogens with zero attached hydrogens (tertiary/aromatic N) is 1. The molecule has 0 saturated carbocycles. The van der Waals surface area contributed by atoms with Crippen molar-refractivity contribution in [1.29, 1.82) is 0 Å². The van der Waals surface area contributed by atoms with Crippen LogP contribution in [0.4, 0.5) is 23.4 Å². The fourth-order valence-electron chi connectivity index (χ4n) is 1.54. The van der Waals surface area contributed by atoms with Crippen LogP contribution >= 0.6 is 0 Å². The summed E-state index contributed by atoms with van der Waals surface area (Å²) in [5.41, 5.74) is 4.61. The third kappa shape index (κ3) is 2.27. The van der Waals surface area contributed by atoms with Crippen LogP contribution in [0.1, 0.15) is 5.69 Å². The van der Waals surface area contributed by atoms with Crippen molar-refractivity contribution in [2.24, 2.45) is 0 Å². The Labute approximate surface area is 100 Å². The maximum atomic E-state index is 13.5. The molecule has 2 rings (SSSR count). The highest BCUT2D eigenvalue weighted by molar-refractivity contribution is 5.74. The van der Waals surface area contributed by atoms with E-state index in [9.17, 15) is 17.6 Å².